The highest BCUT2D eigenvalue weighted by Gasteiger charge is 2.24. The molecule has 0 spiro atoms. The number of likely N-dealkylation sites (tertiary alicyclic amines) is 1. The summed E-state index contributed by atoms with van der Waals surface area (Å²) in [4.78, 5) is 14.9. The fourth-order valence-corrected chi connectivity index (χ4v) is 4.14. The van der Waals surface area contributed by atoms with Crippen LogP contribution in [0.15, 0.2) is 41.4 Å². The number of carbonyl (C=O) groups is 1. The molecule has 1 fully saturated rings. The van der Waals surface area contributed by atoms with Crippen LogP contribution >= 0.6 is 11.3 Å². The first-order valence-corrected chi connectivity index (χ1v) is 9.37. The lowest BCUT2D eigenvalue weighted by molar-refractivity contribution is -0.121. The highest BCUT2D eigenvalue weighted by molar-refractivity contribution is 7.07. The topological polar surface area (TPSA) is 37.3 Å². The molecule has 2 aromatic heterocycles. The number of amides is 1. The molecule has 3 heterocycles. The van der Waals surface area contributed by atoms with Gasteiger partial charge in [0.05, 0.1) is 12.5 Å². The normalized spacial score (nSPS) is 19.8. The van der Waals surface area contributed by atoms with Gasteiger partial charge in [-0.15, -0.1) is 0 Å². The van der Waals surface area contributed by atoms with E-state index in [-0.39, 0.29) is 11.9 Å². The minimum Gasteiger partial charge on any atom is -0.354 e. The van der Waals surface area contributed by atoms with Crippen molar-refractivity contribution < 1.29 is 4.79 Å². The van der Waals surface area contributed by atoms with Crippen LogP contribution in [-0.4, -0.2) is 41.1 Å². The quantitative estimate of drug-likeness (QED) is 0.846. The maximum Gasteiger partial charge on any atom is 0.222 e. The maximum absolute atomic E-state index is 12.5. The van der Waals surface area contributed by atoms with E-state index < -0.39 is 0 Å². The Kier molecular flexibility index (Phi) is 5.51. The van der Waals surface area contributed by atoms with Gasteiger partial charge in [0, 0.05) is 25.0 Å². The average Bonchev–Trinajstić information content (AvgIpc) is 3.33. The standard InChI is InChI=1S/C18H25N3OS/c1-2-20-10-5-6-16(20)13-19-18(22)12-17(15-7-11-23-14-15)21-8-3-4-9-21/h3-4,7-9,11,14,16-17H,2,5-6,10,12-13H2,1H3,(H,19,22). The lowest BCUT2D eigenvalue weighted by Crippen LogP contribution is -2.40. The van der Waals surface area contributed by atoms with Crippen LogP contribution in [0.1, 0.15) is 37.8 Å². The number of likely N-dealkylation sites (N-methyl/N-ethyl adjacent to an activating group) is 1. The third-order valence-corrected chi connectivity index (χ3v) is 5.44. The largest absolute Gasteiger partial charge is 0.354 e. The zero-order valence-electron chi connectivity index (χ0n) is 13.6. The molecular formula is C18H25N3OS. The maximum atomic E-state index is 12.5. The molecule has 23 heavy (non-hydrogen) atoms. The summed E-state index contributed by atoms with van der Waals surface area (Å²) in [6, 6.07) is 6.72. The molecule has 1 aliphatic rings. The van der Waals surface area contributed by atoms with Crippen molar-refractivity contribution in [3.63, 3.8) is 0 Å². The van der Waals surface area contributed by atoms with E-state index in [9.17, 15) is 4.79 Å². The van der Waals surface area contributed by atoms with Gasteiger partial charge >= 0.3 is 0 Å². The molecule has 0 aromatic carbocycles. The molecule has 1 saturated heterocycles. The SMILES string of the molecule is CCN1CCCC1CNC(=O)CC(c1ccsc1)n1cccc1. The number of rotatable bonds is 7. The van der Waals surface area contributed by atoms with Gasteiger partial charge in [0.15, 0.2) is 0 Å². The van der Waals surface area contributed by atoms with Crippen LogP contribution in [0.4, 0.5) is 0 Å². The van der Waals surface area contributed by atoms with E-state index in [0.29, 0.717) is 12.5 Å². The van der Waals surface area contributed by atoms with Crippen molar-refractivity contribution >= 4 is 17.2 Å². The van der Waals surface area contributed by atoms with E-state index >= 15 is 0 Å². The van der Waals surface area contributed by atoms with Crippen molar-refractivity contribution in [1.29, 1.82) is 0 Å². The van der Waals surface area contributed by atoms with Gasteiger partial charge in [0.25, 0.3) is 0 Å². The Labute approximate surface area is 142 Å². The van der Waals surface area contributed by atoms with Crippen molar-refractivity contribution in [2.45, 2.75) is 38.3 Å². The minimum absolute atomic E-state index is 0.0853. The van der Waals surface area contributed by atoms with Gasteiger partial charge in [-0.2, -0.15) is 11.3 Å². The second-order valence-corrected chi connectivity index (χ2v) is 6.92. The van der Waals surface area contributed by atoms with Crippen LogP contribution in [0.2, 0.25) is 0 Å². The van der Waals surface area contributed by atoms with Crippen LogP contribution in [0, 0.1) is 0 Å². The molecule has 1 amide bonds. The molecule has 0 saturated carbocycles. The van der Waals surface area contributed by atoms with E-state index in [4.69, 9.17) is 0 Å². The number of thiophene rings is 1. The fraction of sp³-hybridized carbons (Fsp3) is 0.500. The highest BCUT2D eigenvalue weighted by Crippen LogP contribution is 2.24. The van der Waals surface area contributed by atoms with Crippen molar-refractivity contribution in [3.05, 3.63) is 46.9 Å². The Morgan fingerprint density at radius 1 is 1.43 bits per heavy atom. The lowest BCUT2D eigenvalue weighted by Gasteiger charge is -2.24. The molecule has 5 heteroatoms. The third kappa shape index (κ3) is 4.03. The molecule has 2 aromatic rings. The summed E-state index contributed by atoms with van der Waals surface area (Å²) >= 11 is 1.68. The molecule has 3 rings (SSSR count). The molecule has 2 unspecified atom stereocenters. The van der Waals surface area contributed by atoms with Crippen molar-refractivity contribution in [3.8, 4) is 0 Å². The molecule has 124 valence electrons. The van der Waals surface area contributed by atoms with Gasteiger partial charge in [-0.1, -0.05) is 6.92 Å². The number of hydrogen-bond donors (Lipinski definition) is 1. The Balaban J connectivity index is 1.58. The number of nitrogens with one attached hydrogen (secondary N) is 1. The van der Waals surface area contributed by atoms with Crippen LogP contribution in [0.25, 0.3) is 0 Å². The number of carbonyl (C=O) groups excluding carboxylic acids is 1. The smallest absolute Gasteiger partial charge is 0.222 e. The summed E-state index contributed by atoms with van der Waals surface area (Å²) in [5.41, 5.74) is 1.21. The minimum atomic E-state index is 0.0853. The highest BCUT2D eigenvalue weighted by atomic mass is 32.1. The molecule has 0 radical (unpaired) electrons. The van der Waals surface area contributed by atoms with Crippen LogP contribution in [0.5, 0.6) is 0 Å². The van der Waals surface area contributed by atoms with Crippen LogP contribution < -0.4 is 5.32 Å². The molecular weight excluding hydrogens is 306 g/mol. The summed E-state index contributed by atoms with van der Waals surface area (Å²) in [7, 11) is 0. The predicted molar refractivity (Wildman–Crippen MR) is 94.8 cm³/mol. The Bertz CT molecular complexity index is 560. The summed E-state index contributed by atoms with van der Waals surface area (Å²) < 4.78 is 2.12. The Morgan fingerprint density at radius 3 is 2.96 bits per heavy atom. The van der Waals surface area contributed by atoms with Crippen LogP contribution in [0.3, 0.4) is 0 Å². The zero-order valence-corrected chi connectivity index (χ0v) is 14.5. The first-order chi connectivity index (χ1) is 11.3. The second kappa shape index (κ2) is 7.79. The second-order valence-electron chi connectivity index (χ2n) is 6.14. The molecule has 4 nitrogen and oxygen atoms in total. The molecule has 1 N–H and O–H groups in total. The summed E-state index contributed by atoms with van der Waals surface area (Å²) in [5, 5.41) is 7.36. The van der Waals surface area contributed by atoms with Gasteiger partial charge in [0.1, 0.15) is 0 Å². The van der Waals surface area contributed by atoms with Crippen molar-refractivity contribution in [2.24, 2.45) is 0 Å². The average molecular weight is 331 g/mol. The molecule has 1 aliphatic heterocycles. The number of aromatic nitrogens is 1. The summed E-state index contributed by atoms with van der Waals surface area (Å²) in [6.45, 7) is 5.20. The van der Waals surface area contributed by atoms with Gasteiger partial charge in [0.2, 0.25) is 5.91 Å². The van der Waals surface area contributed by atoms with Crippen molar-refractivity contribution in [1.82, 2.24) is 14.8 Å². The first kappa shape index (κ1) is 16.3. The molecule has 2 atom stereocenters. The van der Waals surface area contributed by atoms with Gasteiger partial charge in [-0.3, -0.25) is 9.69 Å². The predicted octanol–water partition coefficient (Wildman–Crippen LogP) is 3.13. The number of hydrogen-bond acceptors (Lipinski definition) is 3. The monoisotopic (exact) mass is 331 g/mol. The van der Waals surface area contributed by atoms with E-state index in [1.165, 1.54) is 18.4 Å². The van der Waals surface area contributed by atoms with E-state index in [1.54, 1.807) is 11.3 Å². The third-order valence-electron chi connectivity index (χ3n) is 4.73. The van der Waals surface area contributed by atoms with E-state index in [1.807, 2.05) is 24.5 Å². The summed E-state index contributed by atoms with van der Waals surface area (Å²) in [6.07, 6.45) is 7.00. The van der Waals surface area contributed by atoms with E-state index in [0.717, 1.165) is 19.6 Å². The van der Waals surface area contributed by atoms with Gasteiger partial charge < -0.3 is 9.88 Å². The van der Waals surface area contributed by atoms with Gasteiger partial charge in [-0.25, -0.2) is 0 Å². The van der Waals surface area contributed by atoms with Crippen LogP contribution in [-0.2, 0) is 4.79 Å². The van der Waals surface area contributed by atoms with Gasteiger partial charge in [-0.05, 0) is 60.5 Å². The Morgan fingerprint density at radius 2 is 2.26 bits per heavy atom. The van der Waals surface area contributed by atoms with E-state index in [2.05, 4.69) is 38.5 Å². The molecule has 0 bridgehead atoms. The van der Waals surface area contributed by atoms with Crippen molar-refractivity contribution in [2.75, 3.05) is 19.6 Å². The molecule has 0 aliphatic carbocycles. The fourth-order valence-electron chi connectivity index (χ4n) is 3.44. The Hall–Kier alpha value is -1.59. The first-order valence-electron chi connectivity index (χ1n) is 8.43. The number of nitrogens with zero attached hydrogens (tertiary/aromatic N) is 2. The zero-order chi connectivity index (χ0) is 16.1. The lowest BCUT2D eigenvalue weighted by atomic mass is 10.1. The summed E-state index contributed by atoms with van der Waals surface area (Å²) in [5.74, 6) is 0.137.